The Morgan fingerprint density at radius 3 is 1.43 bits per heavy atom. The van der Waals surface area contributed by atoms with E-state index in [0.29, 0.717) is 11.6 Å². The second kappa shape index (κ2) is 20.8. The van der Waals surface area contributed by atoms with Crippen LogP contribution in [-0.4, -0.2) is 130 Å². The number of carbonyl (C=O) groups is 4. The first kappa shape index (κ1) is 46.4. The first-order valence-corrected chi connectivity index (χ1v) is 23.5. The Morgan fingerprint density at radius 1 is 0.672 bits per heavy atom. The number of ether oxygens (including phenoxy) is 1. The Bertz CT molecular complexity index is 2170. The number of aromatic hydroxyl groups is 1. The fourth-order valence-electron chi connectivity index (χ4n) is 7.81. The molecule has 4 amide bonds. The smallest absolute Gasteiger partial charge is 0.369 e. The van der Waals surface area contributed by atoms with Gasteiger partial charge in [0.1, 0.15) is 24.2 Å². The van der Waals surface area contributed by atoms with Gasteiger partial charge in [0.25, 0.3) is 0 Å². The number of halogens is 3. The van der Waals surface area contributed by atoms with Crippen LogP contribution in [0.5, 0.6) is 11.5 Å². The lowest BCUT2D eigenvalue weighted by Crippen LogP contribution is -2.48. The van der Waals surface area contributed by atoms with Crippen molar-refractivity contribution in [2.24, 2.45) is 11.8 Å². The molecule has 2 aliphatic carbocycles. The number of rotatable bonds is 7. The number of imidazole rings is 2. The largest absolute Gasteiger partial charge is 0.508 e. The van der Waals surface area contributed by atoms with Gasteiger partial charge in [-0.3, -0.25) is 18.7 Å². The van der Waals surface area contributed by atoms with Crippen LogP contribution in [0.4, 0.5) is 9.59 Å². The molecule has 326 valence electrons. The minimum Gasteiger partial charge on any atom is -0.508 e. The fraction of sp³-hybridized carbons (Fsp3) is 0.488. The van der Waals surface area contributed by atoms with Gasteiger partial charge < -0.3 is 29.4 Å². The first-order chi connectivity index (χ1) is 29.1. The van der Waals surface area contributed by atoms with Crippen molar-refractivity contribution >= 4 is 74.3 Å². The molecule has 0 radical (unpaired) electrons. The average Bonchev–Trinajstić information content (AvgIpc) is 4.20. The number of amides is 4. The summed E-state index contributed by atoms with van der Waals surface area (Å²) in [5.41, 5.74) is 5.04. The number of methoxy groups -OCH3 is 1. The molecule has 2 aromatic carbocycles. The van der Waals surface area contributed by atoms with Crippen molar-refractivity contribution in [3.63, 3.8) is 0 Å². The third-order valence-electron chi connectivity index (χ3n) is 11.9. The van der Waals surface area contributed by atoms with Gasteiger partial charge in [-0.2, -0.15) is 0 Å². The molecule has 0 spiro atoms. The normalized spacial score (nSPS) is 16.7. The number of phenolic OH excluding ortho intramolecular Hbond substituents is 1. The molecule has 61 heavy (non-hydrogen) atoms. The van der Waals surface area contributed by atoms with E-state index >= 15 is 0 Å². The lowest BCUT2D eigenvalue weighted by atomic mass is 10.0. The van der Waals surface area contributed by atoms with Gasteiger partial charge in [0, 0.05) is 87.7 Å². The van der Waals surface area contributed by atoms with Gasteiger partial charge in [-0.15, -0.1) is 47.3 Å². The fourth-order valence-corrected chi connectivity index (χ4v) is 7.81. The summed E-state index contributed by atoms with van der Waals surface area (Å²) in [5, 5.41) is 9.68. The third-order valence-corrected chi connectivity index (χ3v) is 11.9. The topological polar surface area (TPSA) is 146 Å². The molecule has 2 saturated heterocycles. The maximum absolute atomic E-state index is 12.9. The van der Waals surface area contributed by atoms with Crippen LogP contribution in [0, 0.1) is 25.7 Å². The number of benzene rings is 2. The molecule has 4 fully saturated rings. The number of nitrogens with zero attached hydrogens (tertiary/aromatic N) is 8. The Kier molecular flexibility index (Phi) is 15.8. The van der Waals surface area contributed by atoms with Crippen molar-refractivity contribution in [3.05, 3.63) is 72.6 Å². The molecular weight excluding hydrogens is 975 g/mol. The lowest BCUT2D eigenvalue weighted by Gasteiger charge is -2.36. The predicted molar refractivity (Wildman–Crippen MR) is 247 cm³/mol. The molecule has 4 aliphatic rings. The molecule has 4 aromatic rings. The van der Waals surface area contributed by atoms with Crippen LogP contribution in [0.25, 0.3) is 22.5 Å². The summed E-state index contributed by atoms with van der Waals surface area (Å²) in [6.45, 7) is 6.72. The highest BCUT2D eigenvalue weighted by molar-refractivity contribution is 9.69. The summed E-state index contributed by atoms with van der Waals surface area (Å²) in [6, 6.07) is 11.2. The zero-order valence-corrected chi connectivity index (χ0v) is 40.1. The maximum Gasteiger partial charge on any atom is 0.369 e. The van der Waals surface area contributed by atoms with E-state index in [1.165, 1.54) is 15.5 Å². The molecule has 14 nitrogen and oxygen atoms in total. The zero-order valence-electron chi connectivity index (χ0n) is 35.3. The SMILES string of the molecule is BrB(Br)Br.COc1ccc(-c2cn(C(=O)N(C)C3CCN(C(=O)C4CC4)CC3)cn2)cc1C.Cc1cc(-c2cn(C(=O)N(C)C3CCN(C(=O)C4CC4)CC3)cn2)ccc1O. The molecule has 2 aliphatic heterocycles. The quantitative estimate of drug-likeness (QED) is 0.183. The van der Waals surface area contributed by atoms with E-state index in [1.807, 2.05) is 62.0 Å². The van der Waals surface area contributed by atoms with Crippen LogP contribution in [0.1, 0.15) is 62.5 Å². The molecule has 1 N–H and O–H groups in total. The Hall–Kier alpha value is -4.16. The number of carbonyl (C=O) groups excluding carboxylic acids is 4. The van der Waals surface area contributed by atoms with Crippen molar-refractivity contribution in [2.45, 2.75) is 77.3 Å². The standard InChI is InChI=1S/C22H28N4O3.C21H26N4O3.BBr3/c1-15-12-17(6-7-20(15)29-3)19-13-26(14-23-19)22(28)24(2)18-8-10-25(11-9-18)21(27)16-4-5-16;1-14-11-16(5-6-19(14)26)18-12-25(13-22-18)21(28)23(2)17-7-9-24(10-8-17)20(27)15-3-4-15;2-1(3)4/h6-7,12-14,16,18H,4-5,8-11H2,1-3H3;5-6,11-13,15,17,26H,3-4,7-10H2,1-2H3;. The second-order valence-corrected chi connectivity index (χ2v) is 22.6. The molecule has 4 heterocycles. The van der Waals surface area contributed by atoms with Gasteiger partial charge in [0.15, 0.2) is 0 Å². The van der Waals surface area contributed by atoms with Gasteiger partial charge in [-0.25, -0.2) is 19.6 Å². The van der Waals surface area contributed by atoms with Crippen molar-refractivity contribution in [3.8, 4) is 34.0 Å². The van der Waals surface area contributed by atoms with Gasteiger partial charge >= 0.3 is 15.2 Å². The molecule has 8 rings (SSSR count). The highest BCUT2D eigenvalue weighted by atomic mass is 79.9. The van der Waals surface area contributed by atoms with Gasteiger partial charge in [0.05, 0.1) is 18.5 Å². The van der Waals surface area contributed by atoms with E-state index in [2.05, 4.69) is 57.2 Å². The molecule has 2 saturated carbocycles. The average molecular weight is 1030 g/mol. The van der Waals surface area contributed by atoms with Crippen LogP contribution in [0.15, 0.2) is 61.4 Å². The molecule has 18 heteroatoms. The van der Waals surface area contributed by atoms with E-state index in [9.17, 15) is 24.3 Å². The Labute approximate surface area is 383 Å². The van der Waals surface area contributed by atoms with E-state index in [1.54, 1.807) is 47.8 Å². The Balaban J connectivity index is 0.000000188. The molecule has 0 bridgehead atoms. The van der Waals surface area contributed by atoms with E-state index in [4.69, 9.17) is 4.74 Å². The summed E-state index contributed by atoms with van der Waals surface area (Å²) < 4.78 is 8.61. The van der Waals surface area contributed by atoms with Gasteiger partial charge in [0.2, 0.25) is 11.8 Å². The third kappa shape index (κ3) is 12.1. The van der Waals surface area contributed by atoms with Crippen LogP contribution < -0.4 is 4.74 Å². The minimum atomic E-state index is -0.124. The second-order valence-electron chi connectivity index (χ2n) is 16.2. The monoisotopic (exact) mass is 1030 g/mol. The summed E-state index contributed by atoms with van der Waals surface area (Å²) in [7, 11) is 5.30. The predicted octanol–water partition coefficient (Wildman–Crippen LogP) is 8.19. The number of aromatic nitrogens is 4. The summed E-state index contributed by atoms with van der Waals surface area (Å²) >= 11 is 9.31. The van der Waals surface area contributed by atoms with Crippen LogP contribution in [0.2, 0.25) is 0 Å². The number of aryl methyl sites for hydroxylation is 2. The summed E-state index contributed by atoms with van der Waals surface area (Å²) in [6.07, 6.45) is 14.0. The number of hydrogen-bond acceptors (Lipinski definition) is 8. The summed E-state index contributed by atoms with van der Waals surface area (Å²) in [5.74, 6) is 2.17. The van der Waals surface area contributed by atoms with E-state index in [-0.39, 0.29) is 50.8 Å². The Morgan fingerprint density at radius 2 is 1.07 bits per heavy atom. The van der Waals surface area contributed by atoms with Crippen LogP contribution in [0.3, 0.4) is 0 Å². The molecule has 2 aromatic heterocycles. The van der Waals surface area contributed by atoms with E-state index in [0.717, 1.165) is 111 Å². The molecule has 0 atom stereocenters. The lowest BCUT2D eigenvalue weighted by molar-refractivity contribution is -0.134. The van der Waals surface area contributed by atoms with Crippen molar-refractivity contribution < 1.29 is 29.0 Å². The van der Waals surface area contributed by atoms with E-state index < -0.39 is 0 Å². The number of likely N-dealkylation sites (tertiary alicyclic amines) is 2. The number of phenols is 1. The zero-order chi connectivity index (χ0) is 44.0. The van der Waals surface area contributed by atoms with Gasteiger partial charge in [-0.1, -0.05) is 0 Å². The summed E-state index contributed by atoms with van der Waals surface area (Å²) in [4.78, 5) is 66.4. The van der Waals surface area contributed by atoms with Crippen molar-refractivity contribution in [1.29, 1.82) is 0 Å². The van der Waals surface area contributed by atoms with Crippen molar-refractivity contribution in [2.75, 3.05) is 47.4 Å². The number of hydrogen-bond donors (Lipinski definition) is 1. The van der Waals surface area contributed by atoms with Crippen LogP contribution in [-0.2, 0) is 9.59 Å². The molecular formula is C43H54BBr3N8O6. The first-order valence-electron chi connectivity index (χ1n) is 20.7. The highest BCUT2D eigenvalue weighted by Crippen LogP contribution is 2.34. The van der Waals surface area contributed by atoms with Crippen LogP contribution >= 0.6 is 47.3 Å². The highest BCUT2D eigenvalue weighted by Gasteiger charge is 2.37. The van der Waals surface area contributed by atoms with Crippen molar-refractivity contribution in [1.82, 2.24) is 38.7 Å². The maximum atomic E-state index is 12.9. The van der Waals surface area contributed by atoms with Gasteiger partial charge in [-0.05, 0) is 113 Å². The minimum absolute atomic E-state index is 0.0963. The number of piperidine rings is 2. The molecule has 0 unspecified atom stereocenters.